The Balaban J connectivity index is 2.21. The van der Waals surface area contributed by atoms with Crippen molar-refractivity contribution in [1.82, 2.24) is 14.6 Å². The summed E-state index contributed by atoms with van der Waals surface area (Å²) in [6.45, 7) is 0. The van der Waals surface area contributed by atoms with Crippen LogP contribution in [0.25, 0.3) is 16.9 Å². The molecule has 0 aliphatic carbocycles. The average molecular weight is 292 g/mol. The number of nitrogens with one attached hydrogen (secondary N) is 1. The molecule has 2 aromatic heterocycles. The first kappa shape index (κ1) is 13.4. The van der Waals surface area contributed by atoms with Gasteiger partial charge in [0.15, 0.2) is 5.65 Å². The normalized spacial score (nSPS) is 11.8. The molecular formula is C14H11F3N4. The van der Waals surface area contributed by atoms with E-state index in [9.17, 15) is 13.2 Å². The van der Waals surface area contributed by atoms with Gasteiger partial charge in [-0.25, -0.2) is 4.98 Å². The Morgan fingerprint density at radius 3 is 2.57 bits per heavy atom. The molecule has 0 aliphatic heterocycles. The van der Waals surface area contributed by atoms with Crippen LogP contribution in [0.2, 0.25) is 0 Å². The molecule has 0 spiro atoms. The molecule has 3 aromatic rings. The lowest BCUT2D eigenvalue weighted by Crippen LogP contribution is -2.08. The van der Waals surface area contributed by atoms with Crippen molar-refractivity contribution in [2.75, 3.05) is 12.4 Å². The van der Waals surface area contributed by atoms with Gasteiger partial charge in [0.1, 0.15) is 5.82 Å². The number of hydrogen-bond donors (Lipinski definition) is 1. The molecule has 0 aliphatic rings. The van der Waals surface area contributed by atoms with Gasteiger partial charge in [-0.05, 0) is 18.2 Å². The fraction of sp³-hybridized carbons (Fsp3) is 0.143. The van der Waals surface area contributed by atoms with E-state index in [2.05, 4.69) is 15.4 Å². The highest BCUT2D eigenvalue weighted by Gasteiger charge is 2.33. The molecule has 4 nitrogen and oxygen atoms in total. The van der Waals surface area contributed by atoms with Crippen molar-refractivity contribution in [3.05, 3.63) is 48.2 Å². The Bertz CT molecular complexity index is 792. The lowest BCUT2D eigenvalue weighted by Gasteiger charge is -2.12. The number of anilines is 1. The van der Waals surface area contributed by atoms with Gasteiger partial charge in [-0.1, -0.05) is 18.2 Å². The Kier molecular flexibility index (Phi) is 3.04. The van der Waals surface area contributed by atoms with Crippen molar-refractivity contribution in [2.45, 2.75) is 6.18 Å². The summed E-state index contributed by atoms with van der Waals surface area (Å²) < 4.78 is 40.7. The fourth-order valence-corrected chi connectivity index (χ4v) is 2.14. The molecule has 1 N–H and O–H groups in total. The van der Waals surface area contributed by atoms with Crippen LogP contribution in [0.5, 0.6) is 0 Å². The summed E-state index contributed by atoms with van der Waals surface area (Å²) in [5.74, 6) is 0.608. The molecule has 3 rings (SSSR count). The lowest BCUT2D eigenvalue weighted by molar-refractivity contribution is -0.137. The highest BCUT2D eigenvalue weighted by atomic mass is 19.4. The van der Waals surface area contributed by atoms with Gasteiger partial charge in [-0.3, -0.25) is 0 Å². The van der Waals surface area contributed by atoms with Gasteiger partial charge in [0.2, 0.25) is 0 Å². The Hall–Kier alpha value is -2.57. The quantitative estimate of drug-likeness (QED) is 0.786. The third kappa shape index (κ3) is 2.31. The second-order valence-corrected chi connectivity index (χ2v) is 4.43. The van der Waals surface area contributed by atoms with Crippen LogP contribution >= 0.6 is 0 Å². The lowest BCUT2D eigenvalue weighted by atomic mass is 10.0. The first-order valence-corrected chi connectivity index (χ1v) is 6.20. The van der Waals surface area contributed by atoms with Crippen molar-refractivity contribution < 1.29 is 13.2 Å². The maximum absolute atomic E-state index is 13.1. The zero-order chi connectivity index (χ0) is 15.0. The van der Waals surface area contributed by atoms with E-state index in [4.69, 9.17) is 0 Å². The van der Waals surface area contributed by atoms with Gasteiger partial charge in [0.05, 0.1) is 17.5 Å². The molecule has 0 bridgehead atoms. The smallest absolute Gasteiger partial charge is 0.372 e. The van der Waals surface area contributed by atoms with Gasteiger partial charge in [0.25, 0.3) is 0 Å². The molecule has 0 atom stereocenters. The van der Waals surface area contributed by atoms with E-state index < -0.39 is 11.7 Å². The van der Waals surface area contributed by atoms with Gasteiger partial charge in [0, 0.05) is 12.6 Å². The molecule has 0 amide bonds. The maximum Gasteiger partial charge on any atom is 0.417 e. The Labute approximate surface area is 118 Å². The molecule has 0 saturated heterocycles. The summed E-state index contributed by atoms with van der Waals surface area (Å²) >= 11 is 0. The van der Waals surface area contributed by atoms with Crippen LogP contribution in [-0.4, -0.2) is 21.6 Å². The first-order valence-electron chi connectivity index (χ1n) is 6.20. The SMILES string of the molecule is CNc1cnc2ccc(-c3ccccc3C(F)(F)F)nn12. The van der Waals surface area contributed by atoms with E-state index in [1.165, 1.54) is 22.7 Å². The molecular weight excluding hydrogens is 281 g/mol. The first-order chi connectivity index (χ1) is 10.0. The van der Waals surface area contributed by atoms with Crippen LogP contribution in [0, 0.1) is 0 Å². The minimum atomic E-state index is -4.42. The van der Waals surface area contributed by atoms with Gasteiger partial charge < -0.3 is 5.32 Å². The highest BCUT2D eigenvalue weighted by Crippen LogP contribution is 2.36. The molecule has 2 heterocycles. The Morgan fingerprint density at radius 2 is 1.86 bits per heavy atom. The molecule has 0 saturated carbocycles. The number of fused-ring (bicyclic) bond motifs is 1. The van der Waals surface area contributed by atoms with E-state index in [-0.39, 0.29) is 11.3 Å². The van der Waals surface area contributed by atoms with Crippen molar-refractivity contribution in [3.8, 4) is 11.3 Å². The molecule has 0 unspecified atom stereocenters. The van der Waals surface area contributed by atoms with E-state index in [0.717, 1.165) is 6.07 Å². The number of halogens is 3. The minimum absolute atomic E-state index is 0.0441. The van der Waals surface area contributed by atoms with Crippen LogP contribution in [0.1, 0.15) is 5.56 Å². The van der Waals surface area contributed by atoms with Gasteiger partial charge in [-0.15, -0.1) is 0 Å². The molecule has 108 valence electrons. The average Bonchev–Trinajstić information content (AvgIpc) is 2.88. The number of nitrogens with zero attached hydrogens (tertiary/aromatic N) is 3. The number of alkyl halides is 3. The van der Waals surface area contributed by atoms with Gasteiger partial charge in [-0.2, -0.15) is 22.8 Å². The van der Waals surface area contributed by atoms with Crippen molar-refractivity contribution in [1.29, 1.82) is 0 Å². The number of rotatable bonds is 2. The summed E-state index contributed by atoms with van der Waals surface area (Å²) in [6.07, 6.45) is -2.85. The number of benzene rings is 1. The maximum atomic E-state index is 13.1. The topological polar surface area (TPSA) is 42.2 Å². The number of aromatic nitrogens is 3. The van der Waals surface area contributed by atoms with Crippen molar-refractivity contribution >= 4 is 11.5 Å². The summed E-state index contributed by atoms with van der Waals surface area (Å²) in [4.78, 5) is 4.11. The molecule has 7 heteroatoms. The zero-order valence-corrected chi connectivity index (χ0v) is 11.0. The molecule has 1 aromatic carbocycles. The van der Waals surface area contributed by atoms with Crippen LogP contribution < -0.4 is 5.32 Å². The van der Waals surface area contributed by atoms with Crippen LogP contribution in [0.3, 0.4) is 0 Å². The largest absolute Gasteiger partial charge is 0.417 e. The summed E-state index contributed by atoms with van der Waals surface area (Å²) in [7, 11) is 1.70. The monoisotopic (exact) mass is 292 g/mol. The molecule has 0 fully saturated rings. The molecule has 0 radical (unpaired) electrons. The third-order valence-corrected chi connectivity index (χ3v) is 3.13. The van der Waals surface area contributed by atoms with Crippen LogP contribution in [-0.2, 0) is 6.18 Å². The summed E-state index contributed by atoms with van der Waals surface area (Å²) in [5.41, 5.74) is 0.142. The third-order valence-electron chi connectivity index (χ3n) is 3.13. The van der Waals surface area contributed by atoms with E-state index >= 15 is 0 Å². The number of hydrogen-bond acceptors (Lipinski definition) is 3. The minimum Gasteiger partial charge on any atom is -0.372 e. The predicted molar refractivity (Wildman–Crippen MR) is 73.0 cm³/mol. The fourth-order valence-electron chi connectivity index (χ4n) is 2.14. The van der Waals surface area contributed by atoms with Crippen LogP contribution in [0.15, 0.2) is 42.6 Å². The second-order valence-electron chi connectivity index (χ2n) is 4.43. The van der Waals surface area contributed by atoms with E-state index in [1.807, 2.05) is 0 Å². The highest BCUT2D eigenvalue weighted by molar-refractivity contribution is 5.66. The predicted octanol–water partition coefficient (Wildman–Crippen LogP) is 3.46. The second kappa shape index (κ2) is 4.76. The van der Waals surface area contributed by atoms with E-state index in [1.54, 1.807) is 25.4 Å². The summed E-state index contributed by atoms with van der Waals surface area (Å²) in [6, 6.07) is 8.55. The van der Waals surface area contributed by atoms with Crippen molar-refractivity contribution in [3.63, 3.8) is 0 Å². The van der Waals surface area contributed by atoms with Crippen molar-refractivity contribution in [2.24, 2.45) is 0 Å². The standard InChI is InChI=1S/C14H11F3N4/c1-18-13-8-19-12-7-6-11(20-21(12)13)9-4-2-3-5-10(9)14(15,16)17/h2-8,18H,1H3. The summed E-state index contributed by atoms with van der Waals surface area (Å²) in [5, 5.41) is 7.13. The zero-order valence-electron chi connectivity index (χ0n) is 11.0. The van der Waals surface area contributed by atoms with Gasteiger partial charge >= 0.3 is 6.18 Å². The van der Waals surface area contributed by atoms with Crippen LogP contribution in [0.4, 0.5) is 19.0 Å². The van der Waals surface area contributed by atoms with E-state index in [0.29, 0.717) is 11.5 Å². The number of imidazole rings is 1. The Morgan fingerprint density at radius 1 is 1.10 bits per heavy atom. The molecule has 21 heavy (non-hydrogen) atoms.